The normalized spacial score (nSPS) is 25.0. The number of carboxylic acids is 1. The van der Waals surface area contributed by atoms with Gasteiger partial charge >= 0.3 is 5.97 Å². The Balaban J connectivity index is 1.56. The second-order valence-corrected chi connectivity index (χ2v) is 8.06. The molecule has 5 nitrogen and oxygen atoms in total. The maximum absolute atomic E-state index is 13.0. The Morgan fingerprint density at radius 1 is 1.08 bits per heavy atom. The van der Waals surface area contributed by atoms with Gasteiger partial charge in [0.2, 0.25) is 5.91 Å². The number of rotatable bonds is 5. The van der Waals surface area contributed by atoms with Gasteiger partial charge in [0.1, 0.15) is 0 Å². The number of hydrogen-bond donors (Lipinski definition) is 1. The highest BCUT2D eigenvalue weighted by molar-refractivity contribution is 5.85. The smallest absolute Gasteiger partial charge is 0.308 e. The zero-order valence-corrected chi connectivity index (χ0v) is 15.8. The number of nitrogens with zero attached hydrogens (tertiary/aromatic N) is 2. The topological polar surface area (TPSA) is 60.9 Å². The predicted molar refractivity (Wildman–Crippen MR) is 101 cm³/mol. The lowest BCUT2D eigenvalue weighted by Gasteiger charge is -2.34. The van der Waals surface area contributed by atoms with Crippen LogP contribution >= 0.6 is 0 Å². The van der Waals surface area contributed by atoms with Crippen molar-refractivity contribution in [2.75, 3.05) is 26.2 Å². The monoisotopic (exact) mass is 358 g/mol. The highest BCUT2D eigenvalue weighted by atomic mass is 16.4. The first-order chi connectivity index (χ1) is 12.5. The van der Waals surface area contributed by atoms with E-state index in [4.69, 9.17) is 0 Å². The minimum Gasteiger partial charge on any atom is -0.481 e. The molecule has 0 radical (unpaired) electrons. The van der Waals surface area contributed by atoms with E-state index >= 15 is 0 Å². The highest BCUT2D eigenvalue weighted by Crippen LogP contribution is 2.29. The summed E-state index contributed by atoms with van der Waals surface area (Å²) in [5.41, 5.74) is 1.35. The Morgan fingerprint density at radius 2 is 1.69 bits per heavy atom. The molecule has 2 saturated heterocycles. The molecule has 0 spiro atoms. The van der Waals surface area contributed by atoms with E-state index in [1.807, 2.05) is 11.0 Å². The summed E-state index contributed by atoms with van der Waals surface area (Å²) in [6.07, 6.45) is 3.06. The Kier molecular flexibility index (Phi) is 5.97. The van der Waals surface area contributed by atoms with E-state index in [-0.39, 0.29) is 11.9 Å². The van der Waals surface area contributed by atoms with Crippen LogP contribution in [0.4, 0.5) is 0 Å². The van der Waals surface area contributed by atoms with Gasteiger partial charge in [-0.3, -0.25) is 14.5 Å². The number of amides is 1. The Labute approximate surface area is 156 Å². The molecule has 0 bridgehead atoms. The number of benzene rings is 1. The summed E-state index contributed by atoms with van der Waals surface area (Å²) < 4.78 is 0. The van der Waals surface area contributed by atoms with Crippen LogP contribution in [0.5, 0.6) is 0 Å². The van der Waals surface area contributed by atoms with Crippen LogP contribution < -0.4 is 0 Å². The van der Waals surface area contributed by atoms with Crippen LogP contribution in [0.1, 0.15) is 32.3 Å². The standard InChI is InChI=1S/C21H30N2O3/c1-15(2)23-13-18(19(14-23)21(25)26)20(24)22-10-8-17(9-11-22)12-16-6-4-3-5-7-16/h3-7,15,17-19H,8-14H2,1-2H3,(H,25,26)/t18-,19+/m0/s1. The minimum absolute atomic E-state index is 0.0405. The number of aliphatic carboxylic acids is 1. The number of carbonyl (C=O) groups excluding carboxylic acids is 1. The molecule has 142 valence electrons. The zero-order chi connectivity index (χ0) is 18.7. The minimum atomic E-state index is -0.842. The van der Waals surface area contributed by atoms with E-state index in [0.717, 1.165) is 32.4 Å². The predicted octanol–water partition coefficient (Wildman–Crippen LogP) is 2.51. The van der Waals surface area contributed by atoms with Crippen molar-refractivity contribution in [2.45, 2.75) is 39.2 Å². The van der Waals surface area contributed by atoms with Crippen molar-refractivity contribution in [1.82, 2.24) is 9.80 Å². The molecule has 26 heavy (non-hydrogen) atoms. The largest absolute Gasteiger partial charge is 0.481 e. The van der Waals surface area contributed by atoms with Crippen molar-refractivity contribution in [3.8, 4) is 0 Å². The number of carboxylic acid groups (broad SMARTS) is 1. The molecule has 0 aromatic heterocycles. The molecular formula is C21H30N2O3. The summed E-state index contributed by atoms with van der Waals surface area (Å²) in [6.45, 7) is 6.66. The molecule has 0 saturated carbocycles. The van der Waals surface area contributed by atoms with E-state index in [2.05, 4.69) is 43.0 Å². The van der Waals surface area contributed by atoms with E-state index < -0.39 is 17.8 Å². The number of piperidine rings is 1. The fourth-order valence-electron chi connectivity index (χ4n) is 4.30. The molecule has 3 rings (SSSR count). The van der Waals surface area contributed by atoms with Gasteiger partial charge in [0.15, 0.2) is 0 Å². The fourth-order valence-corrected chi connectivity index (χ4v) is 4.30. The molecule has 1 N–H and O–H groups in total. The second kappa shape index (κ2) is 8.21. The van der Waals surface area contributed by atoms with Crippen molar-refractivity contribution >= 4 is 11.9 Å². The summed E-state index contributed by atoms with van der Waals surface area (Å²) in [5, 5.41) is 9.54. The lowest BCUT2D eigenvalue weighted by molar-refractivity contribution is -0.148. The highest BCUT2D eigenvalue weighted by Gasteiger charge is 2.44. The summed E-state index contributed by atoms with van der Waals surface area (Å²) in [5.74, 6) is -1.18. The third-order valence-electron chi connectivity index (χ3n) is 6.01. The third kappa shape index (κ3) is 4.26. The quantitative estimate of drug-likeness (QED) is 0.879. The maximum Gasteiger partial charge on any atom is 0.308 e. The Bertz CT molecular complexity index is 623. The Morgan fingerprint density at radius 3 is 2.27 bits per heavy atom. The van der Waals surface area contributed by atoms with Gasteiger partial charge in [0.05, 0.1) is 11.8 Å². The first-order valence-corrected chi connectivity index (χ1v) is 9.75. The average molecular weight is 358 g/mol. The molecule has 1 aromatic carbocycles. The molecule has 2 heterocycles. The van der Waals surface area contributed by atoms with Crippen molar-refractivity contribution < 1.29 is 14.7 Å². The van der Waals surface area contributed by atoms with Gasteiger partial charge in [-0.2, -0.15) is 0 Å². The van der Waals surface area contributed by atoms with Crippen LogP contribution in [-0.2, 0) is 16.0 Å². The molecule has 1 aromatic rings. The van der Waals surface area contributed by atoms with E-state index in [0.29, 0.717) is 19.0 Å². The van der Waals surface area contributed by atoms with Crippen LogP contribution in [0, 0.1) is 17.8 Å². The summed E-state index contributed by atoms with van der Waals surface area (Å²) in [4.78, 5) is 28.6. The first-order valence-electron chi connectivity index (χ1n) is 9.75. The third-order valence-corrected chi connectivity index (χ3v) is 6.01. The lowest BCUT2D eigenvalue weighted by Crippen LogP contribution is -2.45. The van der Waals surface area contributed by atoms with Crippen LogP contribution in [-0.4, -0.2) is 59.0 Å². The summed E-state index contributed by atoms with van der Waals surface area (Å²) in [7, 11) is 0. The van der Waals surface area contributed by atoms with Gasteiger partial charge in [-0.05, 0) is 44.6 Å². The number of likely N-dealkylation sites (tertiary alicyclic amines) is 2. The van der Waals surface area contributed by atoms with Crippen molar-refractivity contribution in [3.63, 3.8) is 0 Å². The number of carbonyl (C=O) groups is 2. The maximum atomic E-state index is 13.0. The van der Waals surface area contributed by atoms with Gasteiger partial charge in [0.25, 0.3) is 0 Å². The van der Waals surface area contributed by atoms with Gasteiger partial charge in [0, 0.05) is 32.2 Å². The fraction of sp³-hybridized carbons (Fsp3) is 0.619. The van der Waals surface area contributed by atoms with Gasteiger partial charge in [-0.1, -0.05) is 30.3 Å². The van der Waals surface area contributed by atoms with Crippen molar-refractivity contribution in [1.29, 1.82) is 0 Å². The van der Waals surface area contributed by atoms with E-state index in [1.54, 1.807) is 0 Å². The molecule has 0 unspecified atom stereocenters. The molecule has 2 atom stereocenters. The second-order valence-electron chi connectivity index (χ2n) is 8.06. The number of hydrogen-bond acceptors (Lipinski definition) is 3. The summed E-state index contributed by atoms with van der Waals surface area (Å²) >= 11 is 0. The molecule has 5 heteroatoms. The molecular weight excluding hydrogens is 328 g/mol. The van der Waals surface area contributed by atoms with Crippen LogP contribution in [0.25, 0.3) is 0 Å². The van der Waals surface area contributed by atoms with Gasteiger partial charge < -0.3 is 10.0 Å². The van der Waals surface area contributed by atoms with Crippen LogP contribution in [0.2, 0.25) is 0 Å². The van der Waals surface area contributed by atoms with Gasteiger partial charge in [-0.25, -0.2) is 0 Å². The van der Waals surface area contributed by atoms with E-state index in [1.165, 1.54) is 5.56 Å². The SMILES string of the molecule is CC(C)N1C[C@H](C(=O)N2CCC(Cc3ccccc3)CC2)[C@H](C(=O)O)C1. The van der Waals surface area contributed by atoms with Crippen molar-refractivity contribution in [2.24, 2.45) is 17.8 Å². The van der Waals surface area contributed by atoms with Crippen LogP contribution in [0.15, 0.2) is 30.3 Å². The van der Waals surface area contributed by atoms with Crippen molar-refractivity contribution in [3.05, 3.63) is 35.9 Å². The van der Waals surface area contributed by atoms with Gasteiger partial charge in [-0.15, -0.1) is 0 Å². The molecule has 2 fully saturated rings. The Hall–Kier alpha value is -1.88. The molecule has 2 aliphatic rings. The molecule has 1 amide bonds. The zero-order valence-electron chi connectivity index (χ0n) is 15.8. The first kappa shape index (κ1) is 18.9. The average Bonchev–Trinajstić information content (AvgIpc) is 3.09. The molecule has 0 aliphatic carbocycles. The lowest BCUT2D eigenvalue weighted by atomic mass is 9.88. The van der Waals surface area contributed by atoms with Crippen LogP contribution in [0.3, 0.4) is 0 Å². The summed E-state index contributed by atoms with van der Waals surface area (Å²) in [6, 6.07) is 10.8. The molecule has 2 aliphatic heterocycles. The van der Waals surface area contributed by atoms with E-state index in [9.17, 15) is 14.7 Å².